The minimum atomic E-state index is -0.367. The maximum Gasteiger partial charge on any atom is 0.224 e. The first-order valence-corrected chi connectivity index (χ1v) is 8.06. The zero-order chi connectivity index (χ0) is 16.2. The van der Waals surface area contributed by atoms with Crippen molar-refractivity contribution < 1.29 is 9.59 Å². The molecule has 5 nitrogen and oxygen atoms in total. The van der Waals surface area contributed by atoms with Crippen LogP contribution in [0.5, 0.6) is 0 Å². The molecule has 1 saturated carbocycles. The monoisotopic (exact) mass is 311 g/mol. The van der Waals surface area contributed by atoms with Crippen LogP contribution in [0, 0.1) is 11.8 Å². The first-order chi connectivity index (χ1) is 11.1. The van der Waals surface area contributed by atoms with Crippen molar-refractivity contribution in [2.24, 2.45) is 17.6 Å². The van der Waals surface area contributed by atoms with E-state index >= 15 is 0 Å². The number of primary amides is 1. The van der Waals surface area contributed by atoms with Crippen LogP contribution in [0.4, 0.5) is 0 Å². The van der Waals surface area contributed by atoms with Crippen LogP contribution in [0.15, 0.2) is 36.5 Å². The molecule has 2 amide bonds. The molecule has 3 N–H and O–H groups in total. The number of nitrogens with zero attached hydrogens (tertiary/aromatic N) is 1. The van der Waals surface area contributed by atoms with Gasteiger partial charge in [-0.3, -0.25) is 14.6 Å². The second-order valence-corrected chi connectivity index (χ2v) is 6.14. The lowest BCUT2D eigenvalue weighted by molar-refractivity contribution is -0.135. The van der Waals surface area contributed by atoms with E-state index in [0.29, 0.717) is 13.0 Å². The van der Waals surface area contributed by atoms with Gasteiger partial charge in [-0.15, -0.1) is 0 Å². The fourth-order valence-corrected chi connectivity index (χ4v) is 3.32. The molecule has 1 heterocycles. The van der Waals surface area contributed by atoms with Gasteiger partial charge in [-0.1, -0.05) is 37.1 Å². The minimum absolute atomic E-state index is 0.0940. The van der Waals surface area contributed by atoms with E-state index in [0.717, 1.165) is 35.7 Å². The number of fused-ring (bicyclic) bond motifs is 1. The van der Waals surface area contributed by atoms with Gasteiger partial charge in [-0.2, -0.15) is 0 Å². The summed E-state index contributed by atoms with van der Waals surface area (Å²) in [5, 5.41) is 5.08. The van der Waals surface area contributed by atoms with Crippen molar-refractivity contribution in [2.75, 3.05) is 0 Å². The number of amides is 2. The second kappa shape index (κ2) is 6.77. The molecule has 3 rings (SSSR count). The highest BCUT2D eigenvalue weighted by Crippen LogP contribution is 2.30. The molecule has 0 saturated heterocycles. The van der Waals surface area contributed by atoms with Crippen LogP contribution < -0.4 is 11.1 Å². The summed E-state index contributed by atoms with van der Waals surface area (Å²) >= 11 is 0. The van der Waals surface area contributed by atoms with Crippen LogP contribution in [-0.2, 0) is 16.1 Å². The maximum absolute atomic E-state index is 12.4. The van der Waals surface area contributed by atoms with E-state index in [-0.39, 0.29) is 23.7 Å². The summed E-state index contributed by atoms with van der Waals surface area (Å²) in [6.45, 7) is 0.367. The third kappa shape index (κ3) is 3.50. The Balaban J connectivity index is 1.66. The SMILES string of the molecule is NC(=O)[C@H]1CCCC[C@H]1C(=O)NCc1cc2ccccc2cn1. The highest BCUT2D eigenvalue weighted by atomic mass is 16.2. The van der Waals surface area contributed by atoms with Crippen LogP contribution in [0.3, 0.4) is 0 Å². The number of carbonyl (C=O) groups excluding carboxylic acids is 2. The molecule has 1 aliphatic carbocycles. The van der Waals surface area contributed by atoms with Gasteiger partial charge >= 0.3 is 0 Å². The molecule has 0 spiro atoms. The van der Waals surface area contributed by atoms with Crippen molar-refractivity contribution in [3.63, 3.8) is 0 Å². The average Bonchev–Trinajstić information content (AvgIpc) is 2.59. The molecule has 1 fully saturated rings. The molecule has 1 aromatic heterocycles. The van der Waals surface area contributed by atoms with Crippen LogP contribution in [0.25, 0.3) is 10.8 Å². The second-order valence-electron chi connectivity index (χ2n) is 6.14. The molecular weight excluding hydrogens is 290 g/mol. The Kier molecular flexibility index (Phi) is 4.55. The van der Waals surface area contributed by atoms with E-state index in [1.165, 1.54) is 0 Å². The number of hydrogen-bond donors (Lipinski definition) is 2. The zero-order valence-corrected chi connectivity index (χ0v) is 13.0. The van der Waals surface area contributed by atoms with Crippen molar-refractivity contribution in [3.8, 4) is 0 Å². The number of aromatic nitrogens is 1. The lowest BCUT2D eigenvalue weighted by atomic mass is 9.78. The summed E-state index contributed by atoms with van der Waals surface area (Å²) in [7, 11) is 0. The quantitative estimate of drug-likeness (QED) is 0.907. The Morgan fingerprint density at radius 1 is 1.13 bits per heavy atom. The Hall–Kier alpha value is -2.43. The molecule has 0 aliphatic heterocycles. The van der Waals surface area contributed by atoms with Crippen LogP contribution in [0.1, 0.15) is 31.4 Å². The topological polar surface area (TPSA) is 85.1 Å². The van der Waals surface area contributed by atoms with Crippen molar-refractivity contribution in [1.29, 1.82) is 0 Å². The van der Waals surface area contributed by atoms with Gasteiger partial charge in [0.05, 0.1) is 12.2 Å². The fourth-order valence-electron chi connectivity index (χ4n) is 3.32. The predicted octanol–water partition coefficient (Wildman–Crippen LogP) is 2.14. The number of benzene rings is 1. The van der Waals surface area contributed by atoms with E-state index < -0.39 is 0 Å². The Morgan fingerprint density at radius 2 is 1.83 bits per heavy atom. The van der Waals surface area contributed by atoms with Gasteiger partial charge in [0.2, 0.25) is 11.8 Å². The number of carbonyl (C=O) groups is 2. The Bertz CT molecular complexity index is 729. The largest absolute Gasteiger partial charge is 0.369 e. The van der Waals surface area contributed by atoms with Gasteiger partial charge in [-0.05, 0) is 24.3 Å². The summed E-state index contributed by atoms with van der Waals surface area (Å²) in [4.78, 5) is 28.3. The molecule has 5 heteroatoms. The molecule has 120 valence electrons. The normalized spacial score (nSPS) is 21.0. The summed E-state index contributed by atoms with van der Waals surface area (Å²) < 4.78 is 0. The molecule has 0 radical (unpaired) electrons. The van der Waals surface area contributed by atoms with Gasteiger partial charge in [0.15, 0.2) is 0 Å². The number of nitrogens with one attached hydrogen (secondary N) is 1. The molecule has 0 bridgehead atoms. The maximum atomic E-state index is 12.4. The summed E-state index contributed by atoms with van der Waals surface area (Å²) in [6, 6.07) is 9.95. The number of hydrogen-bond acceptors (Lipinski definition) is 3. The van der Waals surface area contributed by atoms with Gasteiger partial charge in [0.1, 0.15) is 0 Å². The lowest BCUT2D eigenvalue weighted by Crippen LogP contribution is -2.41. The Labute approximate surface area is 135 Å². The van der Waals surface area contributed by atoms with Crippen molar-refractivity contribution in [3.05, 3.63) is 42.2 Å². The van der Waals surface area contributed by atoms with E-state index in [1.54, 1.807) is 0 Å². The number of pyridine rings is 1. The minimum Gasteiger partial charge on any atom is -0.369 e. The van der Waals surface area contributed by atoms with E-state index in [9.17, 15) is 9.59 Å². The van der Waals surface area contributed by atoms with Crippen molar-refractivity contribution >= 4 is 22.6 Å². The number of rotatable bonds is 4. The average molecular weight is 311 g/mol. The first-order valence-electron chi connectivity index (χ1n) is 8.06. The fraction of sp³-hybridized carbons (Fsp3) is 0.389. The highest BCUT2D eigenvalue weighted by Gasteiger charge is 2.34. The predicted molar refractivity (Wildman–Crippen MR) is 88.2 cm³/mol. The molecule has 1 aliphatic rings. The van der Waals surface area contributed by atoms with Crippen LogP contribution in [-0.4, -0.2) is 16.8 Å². The van der Waals surface area contributed by atoms with Gasteiger partial charge < -0.3 is 11.1 Å². The highest BCUT2D eigenvalue weighted by molar-refractivity contribution is 5.87. The molecule has 1 aromatic carbocycles. The third-order valence-corrected chi connectivity index (χ3v) is 4.60. The van der Waals surface area contributed by atoms with Crippen molar-refractivity contribution in [2.45, 2.75) is 32.2 Å². The molecule has 2 aromatic rings. The zero-order valence-electron chi connectivity index (χ0n) is 13.0. The smallest absolute Gasteiger partial charge is 0.224 e. The van der Waals surface area contributed by atoms with Crippen molar-refractivity contribution in [1.82, 2.24) is 10.3 Å². The summed E-state index contributed by atoms with van der Waals surface area (Å²) in [5.41, 5.74) is 6.24. The third-order valence-electron chi connectivity index (χ3n) is 4.60. The summed E-state index contributed by atoms with van der Waals surface area (Å²) in [6.07, 6.45) is 5.18. The van der Waals surface area contributed by atoms with Crippen LogP contribution >= 0.6 is 0 Å². The van der Waals surface area contributed by atoms with E-state index in [1.807, 2.05) is 36.5 Å². The molecule has 23 heavy (non-hydrogen) atoms. The van der Waals surface area contributed by atoms with Crippen LogP contribution in [0.2, 0.25) is 0 Å². The summed E-state index contributed by atoms with van der Waals surface area (Å²) in [5.74, 6) is -1.10. The van der Waals surface area contributed by atoms with Gasteiger partial charge in [0, 0.05) is 23.4 Å². The standard InChI is InChI=1S/C18H21N3O2/c19-17(22)15-7-3-4-8-16(15)18(23)21-11-14-9-12-5-1-2-6-13(12)10-20-14/h1-2,5-6,9-10,15-16H,3-4,7-8,11H2,(H2,19,22)(H,21,23)/t15-,16+/m0/s1. The lowest BCUT2D eigenvalue weighted by Gasteiger charge is -2.28. The van der Waals surface area contributed by atoms with Gasteiger partial charge in [-0.25, -0.2) is 0 Å². The Morgan fingerprint density at radius 3 is 2.57 bits per heavy atom. The molecular formula is C18H21N3O2. The van der Waals surface area contributed by atoms with E-state index in [2.05, 4.69) is 10.3 Å². The molecule has 0 unspecified atom stereocenters. The van der Waals surface area contributed by atoms with E-state index in [4.69, 9.17) is 5.73 Å². The molecule has 2 atom stereocenters. The number of nitrogens with two attached hydrogens (primary N) is 1. The first kappa shape index (κ1) is 15.5. The van der Waals surface area contributed by atoms with Gasteiger partial charge in [0.25, 0.3) is 0 Å².